The molecule has 170 valence electrons. The van der Waals surface area contributed by atoms with Crippen LogP contribution in [-0.2, 0) is 11.3 Å². The van der Waals surface area contributed by atoms with Crippen molar-refractivity contribution in [3.8, 4) is 0 Å². The third-order valence-corrected chi connectivity index (χ3v) is 5.66. The van der Waals surface area contributed by atoms with Gasteiger partial charge in [0.15, 0.2) is 5.82 Å². The maximum atomic E-state index is 12.8. The third kappa shape index (κ3) is 7.12. The number of allylic oxidation sites excluding steroid dienone is 1. The lowest BCUT2D eigenvalue weighted by molar-refractivity contribution is -0.127. The van der Waals surface area contributed by atoms with Crippen molar-refractivity contribution < 1.29 is 4.79 Å². The Morgan fingerprint density at radius 2 is 2.00 bits per heavy atom. The number of aryl methyl sites for hydroxylation is 1. The van der Waals surface area contributed by atoms with Crippen LogP contribution >= 0.6 is 11.6 Å². The second-order valence-corrected chi connectivity index (χ2v) is 9.02. The first-order valence-electron chi connectivity index (χ1n) is 11.0. The van der Waals surface area contributed by atoms with Crippen molar-refractivity contribution in [2.75, 3.05) is 13.1 Å². The summed E-state index contributed by atoms with van der Waals surface area (Å²) in [6.45, 7) is 9.97. The molecule has 1 aliphatic rings. The topological polar surface area (TPSA) is 76.3 Å². The molecule has 8 heteroatoms. The van der Waals surface area contributed by atoms with Gasteiger partial charge in [0.25, 0.3) is 0 Å². The molecule has 0 unspecified atom stereocenters. The number of benzene rings is 1. The molecule has 0 radical (unpaired) electrons. The molecular formula is C24H31ClN6O. The van der Waals surface area contributed by atoms with Crippen LogP contribution in [0.1, 0.15) is 57.0 Å². The van der Waals surface area contributed by atoms with Crippen molar-refractivity contribution in [2.24, 2.45) is 10.9 Å². The second kappa shape index (κ2) is 11.2. The predicted molar refractivity (Wildman–Crippen MR) is 129 cm³/mol. The quantitative estimate of drug-likeness (QED) is 0.448. The van der Waals surface area contributed by atoms with E-state index in [1.54, 1.807) is 13.0 Å². The number of aromatic nitrogens is 4. The fraction of sp³-hybridized carbons (Fsp3) is 0.458. The summed E-state index contributed by atoms with van der Waals surface area (Å²) in [5, 5.41) is 12.8. The van der Waals surface area contributed by atoms with Crippen molar-refractivity contribution >= 4 is 29.3 Å². The number of hydrogen-bond donors (Lipinski definition) is 0. The SMILES string of the molecule is CC(C)=CN=C(C)CC1CCN(C(=O)/C=C/c2ccc(Cl)cc2Cn2nnc(C)n2)CC1. The number of halogens is 1. The zero-order valence-electron chi connectivity index (χ0n) is 19.3. The summed E-state index contributed by atoms with van der Waals surface area (Å²) >= 11 is 6.18. The normalized spacial score (nSPS) is 15.4. The van der Waals surface area contributed by atoms with Crippen LogP contribution in [0.2, 0.25) is 5.02 Å². The van der Waals surface area contributed by atoms with Gasteiger partial charge in [0.1, 0.15) is 0 Å². The smallest absolute Gasteiger partial charge is 0.246 e. The molecule has 1 amide bonds. The zero-order chi connectivity index (χ0) is 23.1. The summed E-state index contributed by atoms with van der Waals surface area (Å²) in [5.74, 6) is 1.23. The van der Waals surface area contributed by atoms with Gasteiger partial charge in [-0.05, 0) is 87.4 Å². The van der Waals surface area contributed by atoms with E-state index in [4.69, 9.17) is 11.6 Å². The fourth-order valence-corrected chi connectivity index (χ4v) is 3.95. The molecule has 2 heterocycles. The molecule has 1 fully saturated rings. The first kappa shape index (κ1) is 23.9. The van der Waals surface area contributed by atoms with Crippen LogP contribution in [0.3, 0.4) is 0 Å². The molecule has 2 aromatic rings. The van der Waals surface area contributed by atoms with Crippen LogP contribution in [-0.4, -0.2) is 49.8 Å². The Hall–Kier alpha value is -2.80. The van der Waals surface area contributed by atoms with Gasteiger partial charge in [-0.2, -0.15) is 4.80 Å². The lowest BCUT2D eigenvalue weighted by Gasteiger charge is -2.31. The standard InChI is InChI=1S/C24H31ClN6O/c1-17(2)15-26-18(3)13-20-9-11-30(12-10-20)24(32)8-6-21-5-7-23(25)14-22(21)16-31-28-19(4)27-29-31/h5-8,14-15,20H,9-13,16H2,1-4H3/b8-6+,26-18?. The molecule has 1 aromatic carbocycles. The number of rotatable bonds is 7. The van der Waals surface area contributed by atoms with Gasteiger partial charge >= 0.3 is 0 Å². The average Bonchev–Trinajstić information content (AvgIpc) is 3.16. The predicted octanol–water partition coefficient (Wildman–Crippen LogP) is 4.71. The third-order valence-electron chi connectivity index (χ3n) is 5.43. The minimum atomic E-state index is 0.0361. The minimum absolute atomic E-state index is 0.0361. The number of aliphatic imine (C=N–C) groups is 1. The van der Waals surface area contributed by atoms with Crippen LogP contribution in [0.25, 0.3) is 6.08 Å². The molecule has 0 atom stereocenters. The van der Waals surface area contributed by atoms with E-state index < -0.39 is 0 Å². The number of piperidine rings is 1. The van der Waals surface area contributed by atoms with E-state index in [1.165, 1.54) is 10.4 Å². The van der Waals surface area contributed by atoms with Gasteiger partial charge in [0, 0.05) is 36.1 Å². The van der Waals surface area contributed by atoms with E-state index in [9.17, 15) is 4.79 Å². The number of amides is 1. The summed E-state index contributed by atoms with van der Waals surface area (Å²) in [4.78, 5) is 20.7. The van der Waals surface area contributed by atoms with Crippen LogP contribution in [0.4, 0.5) is 0 Å². The lowest BCUT2D eigenvalue weighted by Crippen LogP contribution is -2.37. The number of likely N-dealkylation sites (tertiary alicyclic amines) is 1. The molecule has 0 N–H and O–H groups in total. The largest absolute Gasteiger partial charge is 0.339 e. The highest BCUT2D eigenvalue weighted by molar-refractivity contribution is 6.30. The van der Waals surface area contributed by atoms with Crippen LogP contribution in [0, 0.1) is 12.8 Å². The molecule has 0 spiro atoms. The Labute approximate surface area is 194 Å². The van der Waals surface area contributed by atoms with Gasteiger partial charge in [0.05, 0.1) is 6.54 Å². The Bertz CT molecular complexity index is 1030. The van der Waals surface area contributed by atoms with E-state index in [2.05, 4.69) is 27.3 Å². The van der Waals surface area contributed by atoms with Crippen molar-refractivity contribution in [3.05, 3.63) is 58.0 Å². The monoisotopic (exact) mass is 454 g/mol. The molecule has 0 saturated carbocycles. The zero-order valence-corrected chi connectivity index (χ0v) is 20.0. The van der Waals surface area contributed by atoms with Crippen molar-refractivity contribution in [2.45, 2.75) is 53.5 Å². The van der Waals surface area contributed by atoms with Crippen molar-refractivity contribution in [1.82, 2.24) is 25.1 Å². The maximum Gasteiger partial charge on any atom is 0.246 e. The number of tetrazole rings is 1. The van der Waals surface area contributed by atoms with Crippen LogP contribution < -0.4 is 0 Å². The van der Waals surface area contributed by atoms with E-state index in [-0.39, 0.29) is 5.91 Å². The fourth-order valence-electron chi connectivity index (χ4n) is 3.75. The number of nitrogens with zero attached hydrogens (tertiary/aromatic N) is 6. The summed E-state index contributed by atoms with van der Waals surface area (Å²) in [7, 11) is 0. The molecule has 1 aliphatic heterocycles. The van der Waals surface area contributed by atoms with E-state index in [0.717, 1.165) is 49.2 Å². The average molecular weight is 455 g/mol. The Morgan fingerprint density at radius 3 is 2.66 bits per heavy atom. The number of carbonyl (C=O) groups excluding carboxylic acids is 1. The van der Waals surface area contributed by atoms with Gasteiger partial charge in [-0.3, -0.25) is 9.79 Å². The molecule has 32 heavy (non-hydrogen) atoms. The second-order valence-electron chi connectivity index (χ2n) is 8.59. The first-order chi connectivity index (χ1) is 15.3. The first-order valence-corrected chi connectivity index (χ1v) is 11.3. The summed E-state index contributed by atoms with van der Waals surface area (Å²) in [5.41, 5.74) is 4.21. The summed E-state index contributed by atoms with van der Waals surface area (Å²) in [6, 6.07) is 5.60. The number of hydrogen-bond acceptors (Lipinski definition) is 5. The minimum Gasteiger partial charge on any atom is -0.339 e. The molecular weight excluding hydrogens is 424 g/mol. The van der Waals surface area contributed by atoms with Crippen LogP contribution in [0.5, 0.6) is 0 Å². The molecule has 7 nitrogen and oxygen atoms in total. The van der Waals surface area contributed by atoms with Crippen molar-refractivity contribution in [3.63, 3.8) is 0 Å². The van der Waals surface area contributed by atoms with Gasteiger partial charge < -0.3 is 4.90 Å². The van der Waals surface area contributed by atoms with Crippen molar-refractivity contribution in [1.29, 1.82) is 0 Å². The summed E-state index contributed by atoms with van der Waals surface area (Å²) in [6.07, 6.45) is 8.42. The Morgan fingerprint density at radius 1 is 1.25 bits per heavy atom. The van der Waals surface area contributed by atoms with E-state index in [0.29, 0.717) is 23.3 Å². The lowest BCUT2D eigenvalue weighted by atomic mass is 9.91. The highest BCUT2D eigenvalue weighted by Gasteiger charge is 2.22. The highest BCUT2D eigenvalue weighted by atomic mass is 35.5. The molecule has 1 saturated heterocycles. The molecule has 0 bridgehead atoms. The highest BCUT2D eigenvalue weighted by Crippen LogP contribution is 2.22. The number of carbonyl (C=O) groups is 1. The van der Waals surface area contributed by atoms with Gasteiger partial charge in [0.2, 0.25) is 5.91 Å². The van der Waals surface area contributed by atoms with Gasteiger partial charge in [-0.1, -0.05) is 23.2 Å². The van der Waals surface area contributed by atoms with E-state index in [1.807, 2.05) is 49.2 Å². The summed E-state index contributed by atoms with van der Waals surface area (Å²) < 4.78 is 0. The molecule has 0 aliphatic carbocycles. The Balaban J connectivity index is 1.58. The van der Waals surface area contributed by atoms with Crippen LogP contribution in [0.15, 0.2) is 41.0 Å². The van der Waals surface area contributed by atoms with Gasteiger partial charge in [-0.15, -0.1) is 10.2 Å². The van der Waals surface area contributed by atoms with E-state index >= 15 is 0 Å². The molecule has 3 rings (SSSR count). The Kier molecular flexibility index (Phi) is 8.33. The van der Waals surface area contributed by atoms with Gasteiger partial charge in [-0.25, -0.2) is 0 Å². The molecule has 1 aromatic heterocycles. The maximum absolute atomic E-state index is 12.8.